The summed E-state index contributed by atoms with van der Waals surface area (Å²) in [5, 5.41) is 0. The van der Waals surface area contributed by atoms with Crippen LogP contribution in [0.25, 0.3) is 0 Å². The third-order valence-corrected chi connectivity index (χ3v) is 4.04. The average molecular weight is 293 g/mol. The highest BCUT2D eigenvalue weighted by molar-refractivity contribution is 5.92. The van der Waals surface area contributed by atoms with Crippen LogP contribution in [0.2, 0.25) is 0 Å². The summed E-state index contributed by atoms with van der Waals surface area (Å²) in [6, 6.07) is 1.50. The smallest absolute Gasteiger partial charge is 0.340 e. The van der Waals surface area contributed by atoms with Gasteiger partial charge in [-0.25, -0.2) is 4.79 Å². The molecule has 2 heterocycles. The highest BCUT2D eigenvalue weighted by atomic mass is 16.5. The normalized spacial score (nSPS) is 21.5. The van der Waals surface area contributed by atoms with Crippen molar-refractivity contribution < 1.29 is 14.3 Å². The fourth-order valence-electron chi connectivity index (χ4n) is 2.93. The number of ether oxygens (including phenoxy) is 2. The zero-order valence-corrected chi connectivity index (χ0v) is 13.2. The molecule has 21 heavy (non-hydrogen) atoms. The third-order valence-electron chi connectivity index (χ3n) is 4.04. The van der Waals surface area contributed by atoms with Crippen molar-refractivity contribution in [1.29, 1.82) is 0 Å². The van der Waals surface area contributed by atoms with Crippen molar-refractivity contribution in [2.24, 2.45) is 0 Å². The van der Waals surface area contributed by atoms with Gasteiger partial charge in [0.25, 0.3) is 5.56 Å². The van der Waals surface area contributed by atoms with E-state index in [0.717, 1.165) is 19.4 Å². The van der Waals surface area contributed by atoms with Crippen molar-refractivity contribution in [3.8, 4) is 0 Å². The van der Waals surface area contributed by atoms with E-state index in [-0.39, 0.29) is 17.1 Å². The Balaban J connectivity index is 2.44. The summed E-state index contributed by atoms with van der Waals surface area (Å²) in [4.78, 5) is 24.4. The van der Waals surface area contributed by atoms with E-state index >= 15 is 0 Å². The van der Waals surface area contributed by atoms with Crippen LogP contribution in [-0.2, 0) is 16.0 Å². The predicted octanol–water partition coefficient (Wildman–Crippen LogP) is 2.21. The Hall–Kier alpha value is -1.62. The summed E-state index contributed by atoms with van der Waals surface area (Å²) >= 11 is 0. The summed E-state index contributed by atoms with van der Waals surface area (Å²) in [6.45, 7) is 8.84. The number of carbonyl (C=O) groups excluding carboxylic acids is 1. The summed E-state index contributed by atoms with van der Waals surface area (Å²) < 4.78 is 12.5. The molecule has 5 nitrogen and oxygen atoms in total. The van der Waals surface area contributed by atoms with E-state index in [0.29, 0.717) is 30.0 Å². The Labute approximate surface area is 124 Å². The quantitative estimate of drug-likeness (QED) is 0.799. The summed E-state index contributed by atoms with van der Waals surface area (Å²) in [6.07, 6.45) is 1.92. The molecular weight excluding hydrogens is 270 g/mol. The van der Waals surface area contributed by atoms with Crippen LogP contribution in [0.1, 0.15) is 48.3 Å². The maximum absolute atomic E-state index is 12.3. The van der Waals surface area contributed by atoms with Gasteiger partial charge in [-0.3, -0.25) is 4.79 Å². The minimum Gasteiger partial charge on any atom is -0.462 e. The minimum absolute atomic E-state index is 0.102. The molecule has 1 unspecified atom stereocenters. The Morgan fingerprint density at radius 1 is 1.48 bits per heavy atom. The van der Waals surface area contributed by atoms with Crippen molar-refractivity contribution in [2.45, 2.75) is 52.7 Å². The fraction of sp³-hybridized carbons (Fsp3) is 0.625. The lowest BCUT2D eigenvalue weighted by molar-refractivity contribution is 0.00485. The first-order chi connectivity index (χ1) is 9.88. The number of hydrogen-bond donors (Lipinski definition) is 0. The second-order valence-electron chi connectivity index (χ2n) is 5.83. The fourth-order valence-corrected chi connectivity index (χ4v) is 2.93. The zero-order chi connectivity index (χ0) is 15.6. The van der Waals surface area contributed by atoms with Crippen LogP contribution in [0.15, 0.2) is 10.9 Å². The van der Waals surface area contributed by atoms with Gasteiger partial charge in [0.1, 0.15) is 0 Å². The Morgan fingerprint density at radius 3 is 2.76 bits per heavy atom. The molecule has 0 saturated carbocycles. The van der Waals surface area contributed by atoms with E-state index < -0.39 is 0 Å². The molecule has 1 aromatic rings. The molecule has 1 aromatic heterocycles. The lowest BCUT2D eigenvalue weighted by Crippen LogP contribution is -2.37. The number of pyridine rings is 1. The van der Waals surface area contributed by atoms with Crippen molar-refractivity contribution in [1.82, 2.24) is 4.57 Å². The largest absolute Gasteiger partial charge is 0.462 e. The molecule has 0 aromatic carbocycles. The van der Waals surface area contributed by atoms with Gasteiger partial charge in [-0.05, 0) is 46.1 Å². The van der Waals surface area contributed by atoms with Gasteiger partial charge in [0.05, 0.1) is 24.3 Å². The second kappa shape index (κ2) is 6.02. The molecule has 5 heteroatoms. The number of aryl methyl sites for hydroxylation is 1. The predicted molar refractivity (Wildman–Crippen MR) is 79.7 cm³/mol. The van der Waals surface area contributed by atoms with Crippen molar-refractivity contribution >= 4 is 5.97 Å². The van der Waals surface area contributed by atoms with Gasteiger partial charge in [-0.2, -0.15) is 0 Å². The molecule has 0 radical (unpaired) electrons. The number of aromatic nitrogens is 1. The van der Waals surface area contributed by atoms with Crippen molar-refractivity contribution in [3.63, 3.8) is 0 Å². The van der Waals surface area contributed by atoms with E-state index in [4.69, 9.17) is 9.47 Å². The standard InChI is InChI=1S/C16H23NO4/c1-5-20-15(19)14-11(2)9-13(18)17(12(14)3)10-16(4)7-6-8-21-16/h9H,5-8,10H2,1-4H3. The third kappa shape index (κ3) is 3.18. The molecular formula is C16H23NO4. The number of hydrogen-bond acceptors (Lipinski definition) is 4. The molecule has 0 spiro atoms. The first-order valence-electron chi connectivity index (χ1n) is 7.40. The molecule has 1 aliphatic rings. The van der Waals surface area contributed by atoms with Gasteiger partial charge in [-0.1, -0.05) is 0 Å². The van der Waals surface area contributed by atoms with Crippen LogP contribution in [-0.4, -0.2) is 29.4 Å². The van der Waals surface area contributed by atoms with E-state index in [9.17, 15) is 9.59 Å². The lowest BCUT2D eigenvalue weighted by Gasteiger charge is -2.26. The van der Waals surface area contributed by atoms with Crippen LogP contribution in [0.4, 0.5) is 0 Å². The van der Waals surface area contributed by atoms with Crippen molar-refractivity contribution in [3.05, 3.63) is 33.2 Å². The molecule has 1 aliphatic heterocycles. The Morgan fingerprint density at radius 2 is 2.19 bits per heavy atom. The average Bonchev–Trinajstić information content (AvgIpc) is 2.82. The summed E-state index contributed by atoms with van der Waals surface area (Å²) in [5.74, 6) is -0.376. The number of esters is 1. The second-order valence-corrected chi connectivity index (χ2v) is 5.83. The molecule has 2 rings (SSSR count). The lowest BCUT2D eigenvalue weighted by atomic mass is 10.0. The molecule has 1 fully saturated rings. The molecule has 0 bridgehead atoms. The summed E-state index contributed by atoms with van der Waals surface area (Å²) in [5.41, 5.74) is 1.35. The first-order valence-corrected chi connectivity index (χ1v) is 7.40. The van der Waals surface area contributed by atoms with Crippen LogP contribution < -0.4 is 5.56 Å². The maximum atomic E-state index is 12.3. The van der Waals surface area contributed by atoms with Crippen LogP contribution >= 0.6 is 0 Å². The minimum atomic E-state index is -0.376. The SMILES string of the molecule is CCOC(=O)c1c(C)cc(=O)n(CC2(C)CCCO2)c1C. The van der Waals surface area contributed by atoms with Crippen LogP contribution in [0.5, 0.6) is 0 Å². The zero-order valence-electron chi connectivity index (χ0n) is 13.2. The molecule has 0 amide bonds. The van der Waals surface area contributed by atoms with Gasteiger partial charge in [0, 0.05) is 18.4 Å². The van der Waals surface area contributed by atoms with Crippen molar-refractivity contribution in [2.75, 3.05) is 13.2 Å². The maximum Gasteiger partial charge on any atom is 0.340 e. The van der Waals surface area contributed by atoms with Gasteiger partial charge in [-0.15, -0.1) is 0 Å². The first kappa shape index (κ1) is 15.8. The summed E-state index contributed by atoms with van der Waals surface area (Å²) in [7, 11) is 0. The van der Waals surface area contributed by atoms with Gasteiger partial charge in [0.15, 0.2) is 0 Å². The monoisotopic (exact) mass is 293 g/mol. The van der Waals surface area contributed by atoms with Crippen LogP contribution in [0, 0.1) is 13.8 Å². The topological polar surface area (TPSA) is 57.5 Å². The molecule has 1 saturated heterocycles. The van der Waals surface area contributed by atoms with E-state index in [2.05, 4.69) is 0 Å². The molecule has 116 valence electrons. The van der Waals surface area contributed by atoms with Gasteiger partial charge in [0.2, 0.25) is 0 Å². The number of rotatable bonds is 4. The molecule has 0 N–H and O–H groups in total. The van der Waals surface area contributed by atoms with E-state index in [1.165, 1.54) is 6.07 Å². The highest BCUT2D eigenvalue weighted by Gasteiger charge is 2.31. The number of carbonyl (C=O) groups is 1. The van der Waals surface area contributed by atoms with Gasteiger partial charge < -0.3 is 14.0 Å². The Kier molecular flexibility index (Phi) is 4.52. The molecule has 0 aliphatic carbocycles. The highest BCUT2D eigenvalue weighted by Crippen LogP contribution is 2.27. The van der Waals surface area contributed by atoms with Gasteiger partial charge >= 0.3 is 5.97 Å². The van der Waals surface area contributed by atoms with E-state index in [1.54, 1.807) is 25.3 Å². The molecule has 1 atom stereocenters. The Bertz CT molecular complexity index is 597. The number of nitrogens with zero attached hydrogens (tertiary/aromatic N) is 1. The van der Waals surface area contributed by atoms with E-state index in [1.807, 2.05) is 6.92 Å². The van der Waals surface area contributed by atoms with Crippen LogP contribution in [0.3, 0.4) is 0 Å².